The summed E-state index contributed by atoms with van der Waals surface area (Å²) in [7, 11) is 0. The van der Waals surface area contributed by atoms with Crippen molar-refractivity contribution in [2.24, 2.45) is 0 Å². The fourth-order valence-corrected chi connectivity index (χ4v) is 2.32. The van der Waals surface area contributed by atoms with Gasteiger partial charge in [-0.2, -0.15) is 0 Å². The number of carbonyl (C=O) groups excluding carboxylic acids is 2. The molecule has 0 spiro atoms. The van der Waals surface area contributed by atoms with Crippen molar-refractivity contribution in [1.82, 2.24) is 10.6 Å². The van der Waals surface area contributed by atoms with Gasteiger partial charge in [0.25, 0.3) is 5.91 Å². The van der Waals surface area contributed by atoms with E-state index in [1.54, 1.807) is 18.2 Å². The van der Waals surface area contributed by atoms with E-state index in [9.17, 15) is 9.59 Å². The number of nitrogen functional groups attached to an aromatic ring is 1. The van der Waals surface area contributed by atoms with Gasteiger partial charge >= 0.3 is 0 Å². The van der Waals surface area contributed by atoms with E-state index in [0.717, 1.165) is 6.42 Å². The maximum atomic E-state index is 12.1. The number of halogens is 1. The van der Waals surface area contributed by atoms with E-state index >= 15 is 0 Å². The van der Waals surface area contributed by atoms with Crippen LogP contribution in [0.2, 0.25) is 0 Å². The Morgan fingerprint density at radius 2 is 2.28 bits per heavy atom. The second kappa shape index (κ2) is 5.39. The van der Waals surface area contributed by atoms with Gasteiger partial charge in [0.05, 0.1) is 10.0 Å². The van der Waals surface area contributed by atoms with Crippen molar-refractivity contribution in [1.29, 1.82) is 0 Å². The molecule has 1 aliphatic heterocycles. The molecule has 1 atom stereocenters. The molecule has 1 aromatic carbocycles. The monoisotopic (exact) mass is 311 g/mol. The van der Waals surface area contributed by atoms with E-state index in [0.29, 0.717) is 28.7 Å². The van der Waals surface area contributed by atoms with Crippen molar-refractivity contribution >= 4 is 33.4 Å². The van der Waals surface area contributed by atoms with Gasteiger partial charge in [0.2, 0.25) is 5.91 Å². The van der Waals surface area contributed by atoms with Gasteiger partial charge in [-0.3, -0.25) is 9.59 Å². The van der Waals surface area contributed by atoms with E-state index < -0.39 is 6.04 Å². The Hall–Kier alpha value is -1.56. The van der Waals surface area contributed by atoms with E-state index in [-0.39, 0.29) is 11.8 Å². The first kappa shape index (κ1) is 12.9. The lowest BCUT2D eigenvalue weighted by atomic mass is 10.1. The molecule has 1 fully saturated rings. The van der Waals surface area contributed by atoms with Crippen LogP contribution in [-0.2, 0) is 4.79 Å². The summed E-state index contributed by atoms with van der Waals surface area (Å²) in [5.41, 5.74) is 6.65. The van der Waals surface area contributed by atoms with Gasteiger partial charge in [-0.25, -0.2) is 0 Å². The average molecular weight is 312 g/mol. The molecular formula is C12H14BrN3O2. The molecule has 0 aliphatic carbocycles. The minimum absolute atomic E-state index is 0.130. The Morgan fingerprint density at radius 1 is 1.50 bits per heavy atom. The summed E-state index contributed by atoms with van der Waals surface area (Å²) in [4.78, 5) is 23.6. The van der Waals surface area contributed by atoms with Crippen LogP contribution in [0.5, 0.6) is 0 Å². The molecule has 0 radical (unpaired) electrons. The molecule has 96 valence electrons. The number of anilines is 1. The van der Waals surface area contributed by atoms with Crippen molar-refractivity contribution in [3.05, 3.63) is 28.2 Å². The zero-order valence-electron chi connectivity index (χ0n) is 9.70. The molecule has 4 N–H and O–H groups in total. The normalized spacial score (nSPS) is 19.2. The van der Waals surface area contributed by atoms with Crippen molar-refractivity contribution in [3.8, 4) is 0 Å². The first-order valence-electron chi connectivity index (χ1n) is 5.72. The Kier molecular flexibility index (Phi) is 3.86. The molecule has 6 heteroatoms. The van der Waals surface area contributed by atoms with E-state index in [2.05, 4.69) is 26.6 Å². The molecular weight excluding hydrogens is 298 g/mol. The fraction of sp³-hybridized carbons (Fsp3) is 0.333. The third kappa shape index (κ3) is 2.64. The number of nitrogens with two attached hydrogens (primary N) is 1. The summed E-state index contributed by atoms with van der Waals surface area (Å²) < 4.78 is 0.554. The van der Waals surface area contributed by atoms with Gasteiger partial charge in [-0.1, -0.05) is 6.07 Å². The van der Waals surface area contributed by atoms with Gasteiger partial charge in [-0.05, 0) is 40.9 Å². The summed E-state index contributed by atoms with van der Waals surface area (Å²) in [6.45, 7) is 0.674. The van der Waals surface area contributed by atoms with Gasteiger partial charge in [0, 0.05) is 12.2 Å². The summed E-state index contributed by atoms with van der Waals surface area (Å²) >= 11 is 3.27. The summed E-state index contributed by atoms with van der Waals surface area (Å²) in [6.07, 6.45) is 1.53. The molecule has 1 saturated heterocycles. The molecule has 1 aliphatic rings. The predicted molar refractivity (Wildman–Crippen MR) is 72.1 cm³/mol. The predicted octanol–water partition coefficient (Wildman–Crippen LogP) is 1.04. The molecule has 0 bridgehead atoms. The zero-order valence-corrected chi connectivity index (χ0v) is 11.3. The van der Waals surface area contributed by atoms with Crippen LogP contribution >= 0.6 is 15.9 Å². The molecule has 2 amide bonds. The number of piperidine rings is 1. The lowest BCUT2D eigenvalue weighted by Crippen LogP contribution is -2.50. The molecule has 18 heavy (non-hydrogen) atoms. The minimum Gasteiger partial charge on any atom is -0.398 e. The van der Waals surface area contributed by atoms with E-state index in [1.807, 2.05) is 0 Å². The maximum Gasteiger partial charge on any atom is 0.253 e. The van der Waals surface area contributed by atoms with Crippen LogP contribution in [0, 0.1) is 0 Å². The average Bonchev–Trinajstić information content (AvgIpc) is 2.35. The molecule has 1 unspecified atom stereocenters. The Bertz CT molecular complexity index is 490. The highest BCUT2D eigenvalue weighted by molar-refractivity contribution is 9.10. The van der Waals surface area contributed by atoms with Crippen LogP contribution in [0.3, 0.4) is 0 Å². The number of hydrogen-bond donors (Lipinski definition) is 3. The summed E-state index contributed by atoms with van der Waals surface area (Å²) in [6, 6.07) is 4.61. The summed E-state index contributed by atoms with van der Waals surface area (Å²) in [5.74, 6) is -0.425. The van der Waals surface area contributed by atoms with Crippen LogP contribution in [0.1, 0.15) is 23.2 Å². The van der Waals surface area contributed by atoms with Gasteiger partial charge < -0.3 is 16.4 Å². The van der Waals surface area contributed by atoms with Gasteiger partial charge in [0.1, 0.15) is 6.04 Å². The minimum atomic E-state index is -0.459. The molecule has 1 aromatic rings. The number of benzene rings is 1. The van der Waals surface area contributed by atoms with Crippen molar-refractivity contribution in [2.75, 3.05) is 12.3 Å². The van der Waals surface area contributed by atoms with Crippen LogP contribution in [0.4, 0.5) is 5.69 Å². The number of hydrogen-bond acceptors (Lipinski definition) is 3. The van der Waals surface area contributed by atoms with Crippen molar-refractivity contribution in [3.63, 3.8) is 0 Å². The molecule has 5 nitrogen and oxygen atoms in total. The standard InChI is InChI=1S/C12H14BrN3O2/c13-10-7(3-1-4-8(10)14)11(17)16-9-5-2-6-15-12(9)18/h1,3-4,9H,2,5-6,14H2,(H,15,18)(H,16,17). The molecule has 0 aromatic heterocycles. The first-order valence-corrected chi connectivity index (χ1v) is 6.51. The number of carbonyl (C=O) groups is 2. The molecule has 1 heterocycles. The third-order valence-electron chi connectivity index (χ3n) is 2.86. The second-order valence-electron chi connectivity index (χ2n) is 4.17. The zero-order chi connectivity index (χ0) is 13.1. The smallest absolute Gasteiger partial charge is 0.253 e. The van der Waals surface area contributed by atoms with Crippen molar-refractivity contribution in [2.45, 2.75) is 18.9 Å². The van der Waals surface area contributed by atoms with Crippen LogP contribution in [-0.4, -0.2) is 24.4 Å². The van der Waals surface area contributed by atoms with Crippen LogP contribution in [0.15, 0.2) is 22.7 Å². The van der Waals surface area contributed by atoms with Crippen LogP contribution < -0.4 is 16.4 Å². The first-order chi connectivity index (χ1) is 8.59. The second-order valence-corrected chi connectivity index (χ2v) is 4.96. The van der Waals surface area contributed by atoms with Gasteiger partial charge in [-0.15, -0.1) is 0 Å². The molecule has 2 rings (SSSR count). The Labute approximate surface area is 113 Å². The highest BCUT2D eigenvalue weighted by Crippen LogP contribution is 2.23. The maximum absolute atomic E-state index is 12.1. The Balaban J connectivity index is 2.12. The molecule has 0 saturated carbocycles. The number of nitrogens with one attached hydrogen (secondary N) is 2. The van der Waals surface area contributed by atoms with E-state index in [4.69, 9.17) is 5.73 Å². The topological polar surface area (TPSA) is 84.2 Å². The SMILES string of the molecule is Nc1cccc(C(=O)NC2CCCNC2=O)c1Br. The lowest BCUT2D eigenvalue weighted by molar-refractivity contribution is -0.124. The highest BCUT2D eigenvalue weighted by atomic mass is 79.9. The summed E-state index contributed by atoms with van der Waals surface area (Å²) in [5, 5.41) is 5.44. The number of amides is 2. The third-order valence-corrected chi connectivity index (χ3v) is 3.75. The fourth-order valence-electron chi connectivity index (χ4n) is 1.87. The van der Waals surface area contributed by atoms with Crippen LogP contribution in [0.25, 0.3) is 0 Å². The van der Waals surface area contributed by atoms with E-state index in [1.165, 1.54) is 0 Å². The highest BCUT2D eigenvalue weighted by Gasteiger charge is 2.24. The lowest BCUT2D eigenvalue weighted by Gasteiger charge is -2.23. The largest absolute Gasteiger partial charge is 0.398 e. The Morgan fingerprint density at radius 3 is 3.00 bits per heavy atom. The number of rotatable bonds is 2. The van der Waals surface area contributed by atoms with Gasteiger partial charge in [0.15, 0.2) is 0 Å². The van der Waals surface area contributed by atoms with Crippen molar-refractivity contribution < 1.29 is 9.59 Å². The quantitative estimate of drug-likeness (QED) is 0.714.